The van der Waals surface area contributed by atoms with Crippen LogP contribution in [-0.4, -0.2) is 12.6 Å². The fraction of sp³-hybridized carbons (Fsp3) is 0.625. The first-order valence-electron chi connectivity index (χ1n) is 7.11. The molecular formula is C16H24FNO. The lowest BCUT2D eigenvalue weighted by Gasteiger charge is -2.35. The third kappa shape index (κ3) is 4.02. The largest absolute Gasteiger partial charge is 0.369 e. The molecule has 1 aromatic rings. The van der Waals surface area contributed by atoms with Gasteiger partial charge in [-0.05, 0) is 48.8 Å². The third-order valence-electron chi connectivity index (χ3n) is 4.08. The second-order valence-electron chi connectivity index (χ2n) is 6.28. The van der Waals surface area contributed by atoms with Crippen LogP contribution in [0.2, 0.25) is 0 Å². The van der Waals surface area contributed by atoms with Gasteiger partial charge in [0.25, 0.3) is 0 Å². The molecule has 0 radical (unpaired) electrons. The number of hydrogen-bond acceptors (Lipinski definition) is 2. The summed E-state index contributed by atoms with van der Waals surface area (Å²) >= 11 is 0. The number of halogens is 1. The van der Waals surface area contributed by atoms with E-state index in [1.165, 1.54) is 25.0 Å². The van der Waals surface area contributed by atoms with E-state index < -0.39 is 0 Å². The summed E-state index contributed by atoms with van der Waals surface area (Å²) < 4.78 is 19.3. The Morgan fingerprint density at radius 3 is 2.63 bits per heavy atom. The number of nitrogens with two attached hydrogens (primary N) is 1. The maximum absolute atomic E-state index is 13.2. The average Bonchev–Trinajstić information content (AvgIpc) is 2.37. The summed E-state index contributed by atoms with van der Waals surface area (Å²) in [4.78, 5) is 0. The van der Waals surface area contributed by atoms with Crippen LogP contribution >= 0.6 is 0 Å². The molecule has 0 bridgehead atoms. The summed E-state index contributed by atoms with van der Waals surface area (Å²) in [6.45, 7) is 5.00. The summed E-state index contributed by atoms with van der Waals surface area (Å²) in [5, 5.41) is 0. The van der Waals surface area contributed by atoms with Crippen LogP contribution in [0.15, 0.2) is 24.3 Å². The maximum atomic E-state index is 13.2. The summed E-state index contributed by atoms with van der Waals surface area (Å²) in [7, 11) is 0. The average molecular weight is 265 g/mol. The van der Waals surface area contributed by atoms with Crippen molar-refractivity contribution >= 4 is 0 Å². The van der Waals surface area contributed by atoms with Gasteiger partial charge in [-0.2, -0.15) is 0 Å². The predicted octanol–water partition coefficient (Wildman–Crippen LogP) is 3.81. The summed E-state index contributed by atoms with van der Waals surface area (Å²) in [6.07, 6.45) is 4.56. The highest BCUT2D eigenvalue weighted by Gasteiger charge is 2.28. The molecule has 0 aromatic heterocycles. The Morgan fingerprint density at radius 1 is 1.37 bits per heavy atom. The number of benzene rings is 1. The monoisotopic (exact) mass is 265 g/mol. The minimum absolute atomic E-state index is 0.193. The first-order valence-corrected chi connectivity index (χ1v) is 7.11. The van der Waals surface area contributed by atoms with Gasteiger partial charge in [0.2, 0.25) is 0 Å². The molecule has 2 N–H and O–H groups in total. The van der Waals surface area contributed by atoms with E-state index in [-0.39, 0.29) is 18.0 Å². The van der Waals surface area contributed by atoms with Gasteiger partial charge in [0, 0.05) is 6.54 Å². The third-order valence-corrected chi connectivity index (χ3v) is 4.08. The molecule has 1 atom stereocenters. The molecule has 3 heteroatoms. The SMILES string of the molecule is CC1(C)CCC(OC(CN)c2cccc(F)c2)CC1. The van der Waals surface area contributed by atoms with Crippen molar-refractivity contribution in [3.05, 3.63) is 35.6 Å². The Labute approximate surface area is 115 Å². The van der Waals surface area contributed by atoms with Crippen molar-refractivity contribution in [3.63, 3.8) is 0 Å². The van der Waals surface area contributed by atoms with Gasteiger partial charge >= 0.3 is 0 Å². The van der Waals surface area contributed by atoms with E-state index in [0.29, 0.717) is 12.0 Å². The van der Waals surface area contributed by atoms with E-state index >= 15 is 0 Å². The smallest absolute Gasteiger partial charge is 0.123 e. The first-order chi connectivity index (χ1) is 9.00. The van der Waals surface area contributed by atoms with E-state index in [1.54, 1.807) is 6.07 Å². The molecule has 1 fully saturated rings. The molecule has 106 valence electrons. The molecule has 1 unspecified atom stereocenters. The summed E-state index contributed by atoms with van der Waals surface area (Å²) in [5.41, 5.74) is 7.05. The highest BCUT2D eigenvalue weighted by molar-refractivity contribution is 5.19. The highest BCUT2D eigenvalue weighted by Crippen LogP contribution is 2.37. The Morgan fingerprint density at radius 2 is 2.05 bits per heavy atom. The molecule has 0 spiro atoms. The molecule has 0 heterocycles. The lowest BCUT2D eigenvalue weighted by Crippen LogP contribution is -2.29. The maximum Gasteiger partial charge on any atom is 0.123 e. The minimum atomic E-state index is -0.232. The topological polar surface area (TPSA) is 35.2 Å². The van der Waals surface area contributed by atoms with Crippen LogP contribution in [0.4, 0.5) is 4.39 Å². The van der Waals surface area contributed by atoms with E-state index in [9.17, 15) is 4.39 Å². The fourth-order valence-corrected chi connectivity index (χ4v) is 2.72. The van der Waals surface area contributed by atoms with Gasteiger partial charge < -0.3 is 10.5 Å². The number of hydrogen-bond donors (Lipinski definition) is 1. The van der Waals surface area contributed by atoms with Crippen molar-refractivity contribution in [2.24, 2.45) is 11.1 Å². The molecule has 0 amide bonds. The van der Waals surface area contributed by atoms with Gasteiger partial charge in [-0.1, -0.05) is 26.0 Å². The van der Waals surface area contributed by atoms with Crippen molar-refractivity contribution in [1.82, 2.24) is 0 Å². The van der Waals surface area contributed by atoms with Crippen LogP contribution in [0.1, 0.15) is 51.2 Å². The molecular weight excluding hydrogens is 241 g/mol. The van der Waals surface area contributed by atoms with Crippen LogP contribution in [0.3, 0.4) is 0 Å². The lowest BCUT2D eigenvalue weighted by atomic mass is 9.76. The van der Waals surface area contributed by atoms with Crippen LogP contribution in [0.5, 0.6) is 0 Å². The molecule has 2 nitrogen and oxygen atoms in total. The second-order valence-corrected chi connectivity index (χ2v) is 6.28. The van der Waals surface area contributed by atoms with Crippen molar-refractivity contribution in [1.29, 1.82) is 0 Å². The zero-order chi connectivity index (χ0) is 13.9. The molecule has 19 heavy (non-hydrogen) atoms. The van der Waals surface area contributed by atoms with Crippen LogP contribution in [-0.2, 0) is 4.74 Å². The molecule has 0 saturated heterocycles. The van der Waals surface area contributed by atoms with Crippen LogP contribution in [0.25, 0.3) is 0 Å². The molecule has 2 rings (SSSR count). The first kappa shape index (κ1) is 14.5. The summed E-state index contributed by atoms with van der Waals surface area (Å²) in [5.74, 6) is -0.232. The van der Waals surface area contributed by atoms with Crippen LogP contribution in [0, 0.1) is 11.2 Å². The highest BCUT2D eigenvalue weighted by atomic mass is 19.1. The molecule has 1 aliphatic carbocycles. The second kappa shape index (κ2) is 6.02. The van der Waals surface area contributed by atoms with E-state index in [4.69, 9.17) is 10.5 Å². The number of ether oxygens (including phenoxy) is 1. The Hall–Kier alpha value is -0.930. The Balaban J connectivity index is 1.97. The zero-order valence-corrected chi connectivity index (χ0v) is 11.9. The van der Waals surface area contributed by atoms with Crippen molar-refractivity contribution < 1.29 is 9.13 Å². The number of rotatable bonds is 4. The van der Waals surface area contributed by atoms with Gasteiger partial charge in [-0.15, -0.1) is 0 Å². The van der Waals surface area contributed by atoms with E-state index in [0.717, 1.165) is 18.4 Å². The molecule has 0 aliphatic heterocycles. The Bertz CT molecular complexity index is 409. The van der Waals surface area contributed by atoms with Gasteiger partial charge in [0.15, 0.2) is 0 Å². The van der Waals surface area contributed by atoms with E-state index in [2.05, 4.69) is 13.8 Å². The predicted molar refractivity (Wildman–Crippen MR) is 75.3 cm³/mol. The van der Waals surface area contributed by atoms with Gasteiger partial charge in [-0.25, -0.2) is 4.39 Å². The quantitative estimate of drug-likeness (QED) is 0.898. The van der Waals surface area contributed by atoms with Crippen molar-refractivity contribution in [2.45, 2.75) is 51.7 Å². The lowest BCUT2D eigenvalue weighted by molar-refractivity contribution is -0.0430. The van der Waals surface area contributed by atoms with Crippen molar-refractivity contribution in [3.8, 4) is 0 Å². The minimum Gasteiger partial charge on any atom is -0.369 e. The molecule has 1 saturated carbocycles. The zero-order valence-electron chi connectivity index (χ0n) is 11.9. The van der Waals surface area contributed by atoms with Crippen molar-refractivity contribution in [2.75, 3.05) is 6.54 Å². The standard InChI is InChI=1S/C16H24FNO/c1-16(2)8-6-14(7-9-16)19-15(11-18)12-4-3-5-13(17)10-12/h3-5,10,14-15H,6-9,11,18H2,1-2H3. The fourth-order valence-electron chi connectivity index (χ4n) is 2.72. The summed E-state index contributed by atoms with van der Waals surface area (Å²) in [6, 6.07) is 6.55. The van der Waals surface area contributed by atoms with Gasteiger partial charge in [0.1, 0.15) is 5.82 Å². The van der Waals surface area contributed by atoms with Gasteiger partial charge in [-0.3, -0.25) is 0 Å². The van der Waals surface area contributed by atoms with Crippen LogP contribution < -0.4 is 5.73 Å². The normalized spacial score (nSPS) is 21.3. The molecule has 1 aliphatic rings. The van der Waals surface area contributed by atoms with Gasteiger partial charge in [0.05, 0.1) is 12.2 Å². The van der Waals surface area contributed by atoms with E-state index in [1.807, 2.05) is 6.07 Å². The Kier molecular flexibility index (Phi) is 4.58. The molecule has 1 aromatic carbocycles.